The number of anilines is 1. The molecule has 0 aliphatic rings. The lowest BCUT2D eigenvalue weighted by atomic mass is 9.94. The molecule has 0 aliphatic heterocycles. The zero-order chi connectivity index (χ0) is 29.5. The van der Waals surface area contributed by atoms with E-state index < -0.39 is 6.67 Å². The Bertz CT molecular complexity index is 877. The quantitative estimate of drug-likeness (QED) is 0.165. The summed E-state index contributed by atoms with van der Waals surface area (Å²) in [5.41, 5.74) is 2.62. The maximum absolute atomic E-state index is 12.8. The van der Waals surface area contributed by atoms with E-state index in [-0.39, 0.29) is 24.9 Å². The molecule has 5 nitrogen and oxygen atoms in total. The Hall–Kier alpha value is -2.73. The van der Waals surface area contributed by atoms with E-state index in [1.54, 1.807) is 19.2 Å². The van der Waals surface area contributed by atoms with Gasteiger partial charge in [0.15, 0.2) is 0 Å². The number of rotatable bonds is 16. The maximum atomic E-state index is 12.8. The van der Waals surface area contributed by atoms with Crippen molar-refractivity contribution in [3.05, 3.63) is 59.7 Å². The van der Waals surface area contributed by atoms with Gasteiger partial charge in [0, 0.05) is 25.2 Å². The maximum Gasteiger partial charge on any atom is 0.227 e. The van der Waals surface area contributed by atoms with E-state index in [0.717, 1.165) is 42.4 Å². The van der Waals surface area contributed by atoms with Gasteiger partial charge < -0.3 is 15.4 Å². The molecular formula is C32H54FN3O2. The molecule has 1 rings (SSSR count). The number of hydrogen-bond acceptors (Lipinski definition) is 4. The molecule has 1 amide bonds. The predicted molar refractivity (Wildman–Crippen MR) is 165 cm³/mol. The first kappa shape index (κ1) is 37.4. The van der Waals surface area contributed by atoms with E-state index in [4.69, 9.17) is 4.74 Å². The van der Waals surface area contributed by atoms with Gasteiger partial charge >= 0.3 is 0 Å². The minimum atomic E-state index is -0.454. The molecule has 2 N–H and O–H groups in total. The van der Waals surface area contributed by atoms with E-state index in [9.17, 15) is 9.18 Å². The summed E-state index contributed by atoms with van der Waals surface area (Å²) in [7, 11) is 0. The van der Waals surface area contributed by atoms with Crippen molar-refractivity contribution in [1.29, 1.82) is 0 Å². The summed E-state index contributed by atoms with van der Waals surface area (Å²) < 4.78 is 18.4. The van der Waals surface area contributed by atoms with Gasteiger partial charge in [0.05, 0.1) is 5.76 Å². The van der Waals surface area contributed by atoms with E-state index >= 15 is 0 Å². The Labute approximate surface area is 232 Å². The standard InChI is InChI=1S/C28H42FN3O2.2C2H6/c1-8-11-12-21(6)15-25(30-14-13-29)18-28(33)32-27-17-24(23(9-2)19-31-27)16-22(7)26(10-3)34-20(4)5;2*1-2/h9-10,16-17,19,21,25,30H,2,4,8,11-15,18H2,1,3,5-7H3,(H,31,32,33);2*1-2H3/b22-16+,26-10-;;. The van der Waals surface area contributed by atoms with E-state index in [2.05, 4.69) is 42.6 Å². The zero-order valence-electron chi connectivity index (χ0n) is 25.5. The van der Waals surface area contributed by atoms with Crippen LogP contribution in [0.5, 0.6) is 0 Å². The van der Waals surface area contributed by atoms with E-state index in [1.807, 2.05) is 59.8 Å². The number of aromatic nitrogens is 1. The minimum Gasteiger partial charge on any atom is -0.463 e. The minimum absolute atomic E-state index is 0.0757. The number of hydrogen-bond donors (Lipinski definition) is 2. The third-order valence-corrected chi connectivity index (χ3v) is 5.46. The molecule has 1 aromatic heterocycles. The van der Waals surface area contributed by atoms with Gasteiger partial charge in [-0.2, -0.15) is 0 Å². The highest BCUT2D eigenvalue weighted by Gasteiger charge is 2.17. The molecule has 38 heavy (non-hydrogen) atoms. The lowest BCUT2D eigenvalue weighted by Crippen LogP contribution is -2.36. The number of carbonyl (C=O) groups excluding carboxylic acids is 1. The Morgan fingerprint density at radius 1 is 1.21 bits per heavy atom. The summed E-state index contributed by atoms with van der Waals surface area (Å²) in [6.45, 7) is 25.5. The van der Waals surface area contributed by atoms with Crippen molar-refractivity contribution >= 4 is 23.9 Å². The van der Waals surface area contributed by atoms with Crippen LogP contribution in [0.4, 0.5) is 10.2 Å². The fraction of sp³-hybridized carbons (Fsp3) is 0.562. The van der Waals surface area contributed by atoms with Crippen molar-refractivity contribution in [2.75, 3.05) is 18.5 Å². The third kappa shape index (κ3) is 16.2. The number of amides is 1. The van der Waals surface area contributed by atoms with Gasteiger partial charge in [-0.05, 0) is 68.0 Å². The molecule has 0 fully saturated rings. The first-order valence-electron chi connectivity index (χ1n) is 14.1. The number of allylic oxidation sites excluding steroid dienone is 3. The van der Waals surface area contributed by atoms with Crippen molar-refractivity contribution in [2.24, 2.45) is 5.92 Å². The smallest absolute Gasteiger partial charge is 0.227 e. The number of ether oxygens (including phenoxy) is 1. The second-order valence-corrected chi connectivity index (χ2v) is 8.76. The SMILES string of the molecule is C=Cc1cnc(NC(=O)CC(CC(C)CCCC)NCCF)cc1/C=C(C)/C(=C/C)OC(=C)C.CC.CC. The summed E-state index contributed by atoms with van der Waals surface area (Å²) >= 11 is 0. The number of unbranched alkanes of at least 4 members (excludes halogenated alkanes) is 1. The first-order valence-corrected chi connectivity index (χ1v) is 14.1. The van der Waals surface area contributed by atoms with Crippen LogP contribution in [0.1, 0.15) is 106 Å². The van der Waals surface area contributed by atoms with Gasteiger partial charge in [0.25, 0.3) is 0 Å². The number of alkyl halides is 1. The zero-order valence-corrected chi connectivity index (χ0v) is 25.5. The highest BCUT2D eigenvalue weighted by molar-refractivity contribution is 5.90. The lowest BCUT2D eigenvalue weighted by Gasteiger charge is -2.21. The van der Waals surface area contributed by atoms with Crippen LogP contribution in [0.25, 0.3) is 12.2 Å². The molecule has 2 atom stereocenters. The Morgan fingerprint density at radius 3 is 2.39 bits per heavy atom. The Balaban J connectivity index is 0. The molecule has 1 aromatic rings. The highest BCUT2D eigenvalue weighted by atomic mass is 19.1. The summed E-state index contributed by atoms with van der Waals surface area (Å²) in [5.74, 6) is 2.10. The molecule has 0 saturated heterocycles. The molecular weight excluding hydrogens is 477 g/mol. The lowest BCUT2D eigenvalue weighted by molar-refractivity contribution is -0.116. The van der Waals surface area contributed by atoms with E-state index in [1.165, 1.54) is 0 Å². The van der Waals surface area contributed by atoms with Crippen molar-refractivity contribution in [2.45, 2.75) is 100 Å². The van der Waals surface area contributed by atoms with Crippen LogP contribution >= 0.6 is 0 Å². The molecule has 0 aliphatic carbocycles. The van der Waals surface area contributed by atoms with Crippen LogP contribution < -0.4 is 10.6 Å². The molecule has 2 unspecified atom stereocenters. The molecule has 0 bridgehead atoms. The first-order chi connectivity index (χ1) is 18.2. The summed E-state index contributed by atoms with van der Waals surface area (Å²) in [6.07, 6.45) is 11.8. The van der Waals surface area contributed by atoms with Crippen molar-refractivity contribution in [3.8, 4) is 0 Å². The normalized spacial score (nSPS) is 12.7. The predicted octanol–water partition coefficient (Wildman–Crippen LogP) is 9.11. The average molecular weight is 532 g/mol. The van der Waals surface area contributed by atoms with Gasteiger partial charge in [0.2, 0.25) is 5.91 Å². The summed E-state index contributed by atoms with van der Waals surface area (Å²) in [4.78, 5) is 17.2. The molecule has 216 valence electrons. The second kappa shape index (κ2) is 23.4. The van der Waals surface area contributed by atoms with Crippen LogP contribution in [0, 0.1) is 5.92 Å². The molecule has 0 radical (unpaired) electrons. The number of nitrogens with one attached hydrogen (secondary N) is 2. The van der Waals surface area contributed by atoms with Crippen molar-refractivity contribution in [3.63, 3.8) is 0 Å². The number of pyridine rings is 1. The third-order valence-electron chi connectivity index (χ3n) is 5.46. The Kier molecular flexibility index (Phi) is 23.0. The van der Waals surface area contributed by atoms with Gasteiger partial charge in [0.1, 0.15) is 18.3 Å². The molecule has 0 spiro atoms. The number of nitrogens with zero attached hydrogens (tertiary/aromatic N) is 1. The van der Waals surface area contributed by atoms with Crippen LogP contribution in [-0.4, -0.2) is 30.2 Å². The second-order valence-electron chi connectivity index (χ2n) is 8.76. The van der Waals surface area contributed by atoms with Gasteiger partial charge in [-0.25, -0.2) is 9.37 Å². The van der Waals surface area contributed by atoms with Gasteiger partial charge in [-0.1, -0.05) is 80.0 Å². The molecule has 6 heteroatoms. The monoisotopic (exact) mass is 531 g/mol. The van der Waals surface area contributed by atoms with Gasteiger partial charge in [-0.15, -0.1) is 0 Å². The van der Waals surface area contributed by atoms with Crippen molar-refractivity contribution < 1.29 is 13.9 Å². The number of halogens is 1. The van der Waals surface area contributed by atoms with Crippen LogP contribution in [0.2, 0.25) is 0 Å². The number of carbonyl (C=O) groups is 1. The van der Waals surface area contributed by atoms with Crippen LogP contribution in [0.3, 0.4) is 0 Å². The fourth-order valence-corrected chi connectivity index (χ4v) is 3.78. The van der Waals surface area contributed by atoms with Gasteiger partial charge in [-0.3, -0.25) is 4.79 Å². The molecule has 0 aromatic carbocycles. The Morgan fingerprint density at radius 2 is 1.87 bits per heavy atom. The average Bonchev–Trinajstić information content (AvgIpc) is 2.91. The molecule has 0 saturated carbocycles. The summed E-state index contributed by atoms with van der Waals surface area (Å²) in [5, 5.41) is 6.08. The topological polar surface area (TPSA) is 63.2 Å². The van der Waals surface area contributed by atoms with E-state index in [0.29, 0.717) is 23.3 Å². The fourth-order valence-electron chi connectivity index (χ4n) is 3.78. The molecule has 1 heterocycles. The summed E-state index contributed by atoms with van der Waals surface area (Å²) in [6, 6.07) is 1.74. The van der Waals surface area contributed by atoms with Crippen LogP contribution in [0.15, 0.2) is 48.6 Å². The largest absolute Gasteiger partial charge is 0.463 e. The van der Waals surface area contributed by atoms with Crippen molar-refractivity contribution in [1.82, 2.24) is 10.3 Å². The highest BCUT2D eigenvalue weighted by Crippen LogP contribution is 2.23. The van der Waals surface area contributed by atoms with Crippen LogP contribution in [-0.2, 0) is 9.53 Å².